The highest BCUT2D eigenvalue weighted by molar-refractivity contribution is 5.81. The van der Waals surface area contributed by atoms with Gasteiger partial charge >= 0.3 is 0 Å². The summed E-state index contributed by atoms with van der Waals surface area (Å²) in [5, 5.41) is 0. The average molecular weight is 231 g/mol. The first kappa shape index (κ1) is 11.8. The first-order valence-electron chi connectivity index (χ1n) is 5.85. The van der Waals surface area contributed by atoms with E-state index < -0.39 is 16.8 Å². The van der Waals surface area contributed by atoms with Crippen LogP contribution < -0.4 is 0 Å². The number of rotatable bonds is 0. The predicted octanol–water partition coefficient (Wildman–Crippen LogP) is 2.68. The number of amides is 1. The van der Waals surface area contributed by atoms with Crippen LogP contribution in [0.15, 0.2) is 0 Å². The van der Waals surface area contributed by atoms with Crippen molar-refractivity contribution < 1.29 is 13.6 Å². The lowest BCUT2D eigenvalue weighted by Gasteiger charge is -2.36. The minimum absolute atomic E-state index is 0.0253. The van der Waals surface area contributed by atoms with Gasteiger partial charge < -0.3 is 4.90 Å². The predicted molar refractivity (Wildman–Crippen MR) is 57.3 cm³/mol. The zero-order valence-electron chi connectivity index (χ0n) is 10.1. The fourth-order valence-electron chi connectivity index (χ4n) is 2.54. The molecule has 0 aromatic carbocycles. The van der Waals surface area contributed by atoms with Crippen LogP contribution in [0.2, 0.25) is 0 Å². The number of carbonyl (C=O) groups excluding carboxylic acids is 1. The van der Waals surface area contributed by atoms with Crippen LogP contribution in [0.3, 0.4) is 0 Å². The van der Waals surface area contributed by atoms with Gasteiger partial charge in [0.1, 0.15) is 0 Å². The quantitative estimate of drug-likeness (QED) is 0.627. The molecule has 2 fully saturated rings. The molecule has 1 spiro atoms. The molecule has 2 aliphatic rings. The van der Waals surface area contributed by atoms with Crippen molar-refractivity contribution in [3.8, 4) is 0 Å². The van der Waals surface area contributed by atoms with Crippen LogP contribution in [0.5, 0.6) is 0 Å². The standard InChI is InChI=1S/C12H19F2NO/c1-10(2,3)9(16)15-6-4-11(5-7-15)8-12(11,13)14/h4-8H2,1-3H3. The number of carbonyl (C=O) groups is 1. The Kier molecular flexibility index (Phi) is 2.34. The molecule has 1 heterocycles. The van der Waals surface area contributed by atoms with Crippen molar-refractivity contribution in [1.82, 2.24) is 4.90 Å². The van der Waals surface area contributed by atoms with E-state index in [1.165, 1.54) is 0 Å². The monoisotopic (exact) mass is 231 g/mol. The van der Waals surface area contributed by atoms with Crippen LogP contribution >= 0.6 is 0 Å². The fourth-order valence-corrected chi connectivity index (χ4v) is 2.54. The molecule has 2 rings (SSSR count). The van der Waals surface area contributed by atoms with E-state index in [0.29, 0.717) is 25.9 Å². The van der Waals surface area contributed by atoms with Crippen LogP contribution in [0.4, 0.5) is 8.78 Å². The van der Waals surface area contributed by atoms with Crippen molar-refractivity contribution in [2.24, 2.45) is 10.8 Å². The normalized spacial score (nSPS) is 26.9. The van der Waals surface area contributed by atoms with Crippen molar-refractivity contribution in [3.05, 3.63) is 0 Å². The summed E-state index contributed by atoms with van der Waals surface area (Å²) in [7, 11) is 0. The van der Waals surface area contributed by atoms with Gasteiger partial charge in [0.15, 0.2) is 0 Å². The lowest BCUT2D eigenvalue weighted by Crippen LogP contribution is -2.45. The third kappa shape index (κ3) is 1.72. The molecular formula is C12H19F2NO. The zero-order chi connectivity index (χ0) is 12.2. The van der Waals surface area contributed by atoms with Crippen molar-refractivity contribution in [3.63, 3.8) is 0 Å². The fraction of sp³-hybridized carbons (Fsp3) is 0.917. The summed E-state index contributed by atoms with van der Waals surface area (Å²) >= 11 is 0. The van der Waals surface area contributed by atoms with E-state index in [2.05, 4.69) is 0 Å². The van der Waals surface area contributed by atoms with Gasteiger partial charge in [0.25, 0.3) is 5.92 Å². The van der Waals surface area contributed by atoms with Gasteiger partial charge in [-0.25, -0.2) is 8.78 Å². The Morgan fingerprint density at radius 3 is 1.94 bits per heavy atom. The Labute approximate surface area is 95.0 Å². The van der Waals surface area contributed by atoms with Gasteiger partial charge in [-0.15, -0.1) is 0 Å². The summed E-state index contributed by atoms with van der Waals surface area (Å²) in [5.41, 5.74) is -1.17. The molecule has 2 nitrogen and oxygen atoms in total. The molecule has 0 radical (unpaired) electrons. The van der Waals surface area contributed by atoms with Crippen LogP contribution in [-0.2, 0) is 4.79 Å². The van der Waals surface area contributed by atoms with E-state index >= 15 is 0 Å². The molecule has 1 saturated heterocycles. The molecule has 92 valence electrons. The van der Waals surface area contributed by atoms with E-state index in [-0.39, 0.29) is 12.3 Å². The molecule has 1 saturated carbocycles. The lowest BCUT2D eigenvalue weighted by molar-refractivity contribution is -0.141. The largest absolute Gasteiger partial charge is 0.342 e. The smallest absolute Gasteiger partial charge is 0.254 e. The summed E-state index contributed by atoms with van der Waals surface area (Å²) < 4.78 is 26.3. The molecule has 1 amide bonds. The molecule has 4 heteroatoms. The summed E-state index contributed by atoms with van der Waals surface area (Å²) in [4.78, 5) is 13.7. The van der Waals surface area contributed by atoms with Crippen LogP contribution in [0.1, 0.15) is 40.0 Å². The maximum absolute atomic E-state index is 13.1. The second-order valence-electron chi connectivity index (χ2n) is 6.20. The highest BCUT2D eigenvalue weighted by Crippen LogP contribution is 2.65. The maximum Gasteiger partial charge on any atom is 0.254 e. The van der Waals surface area contributed by atoms with Gasteiger partial charge in [0.05, 0.1) is 0 Å². The first-order chi connectivity index (χ1) is 7.18. The van der Waals surface area contributed by atoms with E-state index in [1.807, 2.05) is 20.8 Å². The number of hydrogen-bond donors (Lipinski definition) is 0. The lowest BCUT2D eigenvalue weighted by atomic mass is 9.89. The Bertz CT molecular complexity index is 311. The number of halogens is 2. The molecule has 0 aromatic heterocycles. The number of alkyl halides is 2. The Morgan fingerprint density at radius 1 is 1.19 bits per heavy atom. The second-order valence-corrected chi connectivity index (χ2v) is 6.20. The van der Waals surface area contributed by atoms with E-state index in [4.69, 9.17) is 0 Å². The molecular weight excluding hydrogens is 212 g/mol. The SMILES string of the molecule is CC(C)(C)C(=O)N1CCC2(CC1)CC2(F)F. The van der Waals surface area contributed by atoms with Gasteiger partial charge in [-0.1, -0.05) is 20.8 Å². The summed E-state index contributed by atoms with van der Waals surface area (Å²) in [6, 6.07) is 0. The molecule has 0 bridgehead atoms. The zero-order valence-corrected chi connectivity index (χ0v) is 10.1. The van der Waals surface area contributed by atoms with Gasteiger partial charge in [-0.3, -0.25) is 4.79 Å². The van der Waals surface area contributed by atoms with E-state index in [0.717, 1.165) is 0 Å². The highest BCUT2D eigenvalue weighted by Gasteiger charge is 2.70. The van der Waals surface area contributed by atoms with Crippen LogP contribution in [0.25, 0.3) is 0 Å². The third-order valence-corrected chi connectivity index (χ3v) is 3.86. The number of piperidine rings is 1. The Hall–Kier alpha value is -0.670. The Balaban J connectivity index is 1.94. The summed E-state index contributed by atoms with van der Waals surface area (Å²) in [5.74, 6) is -2.39. The Morgan fingerprint density at radius 2 is 1.62 bits per heavy atom. The molecule has 1 aliphatic carbocycles. The molecule has 0 atom stereocenters. The van der Waals surface area contributed by atoms with Gasteiger partial charge in [-0.05, 0) is 12.8 Å². The number of nitrogens with zero attached hydrogens (tertiary/aromatic N) is 1. The second kappa shape index (κ2) is 3.17. The maximum atomic E-state index is 13.1. The van der Waals surface area contributed by atoms with E-state index in [9.17, 15) is 13.6 Å². The van der Waals surface area contributed by atoms with Crippen molar-refractivity contribution >= 4 is 5.91 Å². The third-order valence-electron chi connectivity index (χ3n) is 3.86. The molecule has 1 aliphatic heterocycles. The highest BCUT2D eigenvalue weighted by atomic mass is 19.3. The van der Waals surface area contributed by atoms with Crippen LogP contribution in [-0.4, -0.2) is 29.8 Å². The first-order valence-corrected chi connectivity index (χ1v) is 5.85. The molecule has 16 heavy (non-hydrogen) atoms. The van der Waals surface area contributed by atoms with Crippen molar-refractivity contribution in [1.29, 1.82) is 0 Å². The van der Waals surface area contributed by atoms with Crippen molar-refractivity contribution in [2.75, 3.05) is 13.1 Å². The minimum Gasteiger partial charge on any atom is -0.342 e. The van der Waals surface area contributed by atoms with Gasteiger partial charge in [0.2, 0.25) is 5.91 Å². The molecule has 0 N–H and O–H groups in total. The van der Waals surface area contributed by atoms with E-state index in [1.54, 1.807) is 4.90 Å². The number of hydrogen-bond acceptors (Lipinski definition) is 1. The topological polar surface area (TPSA) is 20.3 Å². The minimum atomic E-state index is -2.47. The molecule has 0 aromatic rings. The van der Waals surface area contributed by atoms with Gasteiger partial charge in [0, 0.05) is 30.3 Å². The molecule has 0 unspecified atom stereocenters. The van der Waals surface area contributed by atoms with Crippen molar-refractivity contribution in [2.45, 2.75) is 46.0 Å². The average Bonchev–Trinajstić information content (AvgIpc) is 2.66. The summed E-state index contributed by atoms with van der Waals surface area (Å²) in [6.45, 7) is 6.58. The van der Waals surface area contributed by atoms with Crippen LogP contribution in [0, 0.1) is 10.8 Å². The summed E-state index contributed by atoms with van der Waals surface area (Å²) in [6.07, 6.45) is 0.946. The van der Waals surface area contributed by atoms with Gasteiger partial charge in [-0.2, -0.15) is 0 Å². The number of likely N-dealkylation sites (tertiary alicyclic amines) is 1.